The van der Waals surface area contributed by atoms with Gasteiger partial charge < -0.3 is 15.4 Å². The van der Waals surface area contributed by atoms with Gasteiger partial charge in [-0.25, -0.2) is 0 Å². The van der Waals surface area contributed by atoms with Crippen LogP contribution in [0.1, 0.15) is 27.5 Å². The van der Waals surface area contributed by atoms with Gasteiger partial charge in [0.15, 0.2) is 0 Å². The Hall–Kier alpha value is -2.04. The van der Waals surface area contributed by atoms with Gasteiger partial charge >= 0.3 is 0 Å². The Morgan fingerprint density at radius 1 is 1.32 bits per heavy atom. The van der Waals surface area contributed by atoms with Crippen LogP contribution >= 0.6 is 11.6 Å². The second-order valence-electron chi connectivity index (χ2n) is 5.20. The smallest absolute Gasteiger partial charge is 0.255 e. The first-order valence-electron chi connectivity index (χ1n) is 7.12. The molecule has 0 radical (unpaired) electrons. The van der Waals surface area contributed by atoms with Gasteiger partial charge in [0.05, 0.1) is 18.7 Å². The highest BCUT2D eigenvalue weighted by atomic mass is 35.5. The van der Waals surface area contributed by atoms with Gasteiger partial charge in [-0.2, -0.15) is 0 Å². The normalized spacial score (nSPS) is 16.7. The van der Waals surface area contributed by atoms with Crippen molar-refractivity contribution in [1.29, 1.82) is 0 Å². The second kappa shape index (κ2) is 6.38. The lowest BCUT2D eigenvalue weighted by Crippen LogP contribution is -2.39. The molecule has 5 heteroatoms. The van der Waals surface area contributed by atoms with E-state index in [0.29, 0.717) is 22.9 Å². The summed E-state index contributed by atoms with van der Waals surface area (Å²) in [5.41, 5.74) is 2.75. The maximum Gasteiger partial charge on any atom is 0.255 e. The first kappa shape index (κ1) is 14.9. The molecule has 22 heavy (non-hydrogen) atoms. The zero-order chi connectivity index (χ0) is 15.5. The molecule has 4 nitrogen and oxygen atoms in total. The number of para-hydroxylation sites is 1. The van der Waals surface area contributed by atoms with E-state index >= 15 is 0 Å². The minimum atomic E-state index is -0.146. The summed E-state index contributed by atoms with van der Waals surface area (Å²) in [4.78, 5) is 12.5. The summed E-state index contributed by atoms with van der Waals surface area (Å²) in [5.74, 6) is 0.423. The Morgan fingerprint density at radius 2 is 2.14 bits per heavy atom. The Morgan fingerprint density at radius 3 is 2.95 bits per heavy atom. The highest BCUT2D eigenvalue weighted by Crippen LogP contribution is 2.26. The fourth-order valence-electron chi connectivity index (χ4n) is 2.73. The average molecular weight is 317 g/mol. The van der Waals surface area contributed by atoms with Crippen LogP contribution in [0.15, 0.2) is 42.5 Å². The number of rotatable bonds is 3. The number of fused-ring (bicyclic) bond motifs is 1. The van der Waals surface area contributed by atoms with E-state index < -0.39 is 0 Å². The van der Waals surface area contributed by atoms with E-state index in [2.05, 4.69) is 10.6 Å². The molecule has 1 heterocycles. The number of ether oxygens (including phenoxy) is 1. The van der Waals surface area contributed by atoms with Crippen LogP contribution in [0.5, 0.6) is 5.75 Å². The molecular formula is C17H17ClN2O2. The maximum atomic E-state index is 12.5. The van der Waals surface area contributed by atoms with Crippen LogP contribution in [-0.2, 0) is 6.54 Å². The number of benzene rings is 2. The van der Waals surface area contributed by atoms with E-state index in [1.807, 2.05) is 30.3 Å². The molecule has 0 saturated carbocycles. The van der Waals surface area contributed by atoms with Crippen LogP contribution in [-0.4, -0.2) is 19.6 Å². The number of carbonyl (C=O) groups is 1. The van der Waals surface area contributed by atoms with Gasteiger partial charge in [0.1, 0.15) is 5.75 Å². The largest absolute Gasteiger partial charge is 0.496 e. The van der Waals surface area contributed by atoms with Crippen LogP contribution in [0.3, 0.4) is 0 Å². The van der Waals surface area contributed by atoms with Crippen molar-refractivity contribution in [3.8, 4) is 5.75 Å². The Bertz CT molecular complexity index is 703. The van der Waals surface area contributed by atoms with Crippen molar-refractivity contribution < 1.29 is 9.53 Å². The van der Waals surface area contributed by atoms with E-state index in [1.165, 1.54) is 0 Å². The third kappa shape index (κ3) is 2.93. The lowest BCUT2D eigenvalue weighted by atomic mass is 9.96. The molecule has 3 rings (SSSR count). The highest BCUT2D eigenvalue weighted by Gasteiger charge is 2.23. The van der Waals surface area contributed by atoms with E-state index in [4.69, 9.17) is 16.3 Å². The number of hydrogen-bond donors (Lipinski definition) is 2. The molecule has 1 atom stereocenters. The zero-order valence-corrected chi connectivity index (χ0v) is 13.0. The van der Waals surface area contributed by atoms with Gasteiger partial charge in [-0.3, -0.25) is 4.79 Å². The molecule has 2 aromatic rings. The minimum absolute atomic E-state index is 0.0848. The van der Waals surface area contributed by atoms with E-state index in [1.54, 1.807) is 19.2 Å². The van der Waals surface area contributed by atoms with E-state index in [-0.39, 0.29) is 11.9 Å². The average Bonchev–Trinajstić information content (AvgIpc) is 2.54. The number of nitrogens with one attached hydrogen (secondary N) is 2. The molecule has 0 fully saturated rings. The van der Waals surface area contributed by atoms with Crippen LogP contribution in [0.25, 0.3) is 0 Å². The van der Waals surface area contributed by atoms with Crippen LogP contribution in [0.2, 0.25) is 5.02 Å². The van der Waals surface area contributed by atoms with E-state index in [9.17, 15) is 4.79 Å². The number of amides is 1. The second-order valence-corrected chi connectivity index (χ2v) is 5.64. The molecular weight excluding hydrogens is 300 g/mol. The maximum absolute atomic E-state index is 12.5. The zero-order valence-electron chi connectivity index (χ0n) is 12.2. The van der Waals surface area contributed by atoms with Crippen molar-refractivity contribution in [2.45, 2.75) is 12.6 Å². The SMILES string of the molecule is COc1ccccc1C(=O)NC1CNCc2cc(Cl)ccc21. The molecule has 0 aromatic heterocycles. The van der Waals surface area contributed by atoms with Gasteiger partial charge in [-0.1, -0.05) is 29.8 Å². The van der Waals surface area contributed by atoms with Gasteiger partial charge in [-0.05, 0) is 35.4 Å². The fraction of sp³-hybridized carbons (Fsp3) is 0.235. The fourth-order valence-corrected chi connectivity index (χ4v) is 2.92. The van der Waals surface area contributed by atoms with Crippen molar-refractivity contribution in [3.05, 3.63) is 64.2 Å². The van der Waals surface area contributed by atoms with E-state index in [0.717, 1.165) is 17.7 Å². The number of carbonyl (C=O) groups excluding carboxylic acids is 1. The van der Waals surface area contributed by atoms with Gasteiger partial charge in [0.2, 0.25) is 0 Å². The first-order valence-corrected chi connectivity index (χ1v) is 7.50. The van der Waals surface area contributed by atoms with Crippen molar-refractivity contribution >= 4 is 17.5 Å². The third-order valence-electron chi connectivity index (χ3n) is 3.80. The topological polar surface area (TPSA) is 50.4 Å². The molecule has 114 valence electrons. The molecule has 1 amide bonds. The molecule has 2 N–H and O–H groups in total. The summed E-state index contributed by atoms with van der Waals surface area (Å²) < 4.78 is 5.25. The molecule has 2 aromatic carbocycles. The lowest BCUT2D eigenvalue weighted by molar-refractivity contribution is 0.0931. The summed E-state index contributed by atoms with van der Waals surface area (Å²) in [6.07, 6.45) is 0. The summed E-state index contributed by atoms with van der Waals surface area (Å²) in [6.45, 7) is 1.45. The molecule has 1 aliphatic rings. The molecule has 0 aliphatic carbocycles. The Labute approximate surface area is 134 Å². The number of halogens is 1. The highest BCUT2D eigenvalue weighted by molar-refractivity contribution is 6.30. The number of methoxy groups -OCH3 is 1. The van der Waals surface area contributed by atoms with Crippen LogP contribution < -0.4 is 15.4 Å². The van der Waals surface area contributed by atoms with Crippen molar-refractivity contribution in [2.75, 3.05) is 13.7 Å². The third-order valence-corrected chi connectivity index (χ3v) is 4.04. The Balaban J connectivity index is 1.84. The predicted octanol–water partition coefficient (Wildman–Crippen LogP) is 2.92. The predicted molar refractivity (Wildman–Crippen MR) is 86.4 cm³/mol. The standard InChI is InChI=1S/C17H17ClN2O2/c1-22-16-5-3-2-4-14(16)17(21)20-15-10-19-9-11-8-12(18)6-7-13(11)15/h2-8,15,19H,9-10H2,1H3,(H,20,21). The van der Waals surface area contributed by atoms with Crippen LogP contribution in [0.4, 0.5) is 0 Å². The number of hydrogen-bond acceptors (Lipinski definition) is 3. The lowest BCUT2D eigenvalue weighted by Gasteiger charge is -2.27. The van der Waals surface area contributed by atoms with Crippen molar-refractivity contribution in [1.82, 2.24) is 10.6 Å². The molecule has 1 unspecified atom stereocenters. The first-order chi connectivity index (χ1) is 10.7. The van der Waals surface area contributed by atoms with Gasteiger partial charge in [0.25, 0.3) is 5.91 Å². The van der Waals surface area contributed by atoms with Gasteiger partial charge in [-0.15, -0.1) is 0 Å². The molecule has 0 spiro atoms. The summed E-state index contributed by atoms with van der Waals surface area (Å²) in [7, 11) is 1.56. The van der Waals surface area contributed by atoms with Gasteiger partial charge in [0, 0.05) is 18.1 Å². The Kier molecular flexibility index (Phi) is 4.32. The van der Waals surface area contributed by atoms with Crippen molar-refractivity contribution in [3.63, 3.8) is 0 Å². The monoisotopic (exact) mass is 316 g/mol. The molecule has 0 saturated heterocycles. The minimum Gasteiger partial charge on any atom is -0.496 e. The quantitative estimate of drug-likeness (QED) is 0.915. The summed E-state index contributed by atoms with van der Waals surface area (Å²) >= 11 is 6.03. The summed E-state index contributed by atoms with van der Waals surface area (Å²) in [5, 5.41) is 7.07. The van der Waals surface area contributed by atoms with Crippen molar-refractivity contribution in [2.24, 2.45) is 0 Å². The molecule has 1 aliphatic heterocycles. The summed E-state index contributed by atoms with van der Waals surface area (Å²) in [6, 6.07) is 12.9. The molecule has 0 bridgehead atoms. The van der Waals surface area contributed by atoms with Crippen LogP contribution in [0, 0.1) is 0 Å².